The van der Waals surface area contributed by atoms with Crippen molar-refractivity contribution in [2.75, 3.05) is 25.0 Å². The quantitative estimate of drug-likeness (QED) is 0.720. The van der Waals surface area contributed by atoms with Crippen molar-refractivity contribution in [3.05, 3.63) is 52.3 Å². The van der Waals surface area contributed by atoms with Crippen LogP contribution in [0.3, 0.4) is 0 Å². The molecule has 0 spiro atoms. The van der Waals surface area contributed by atoms with Crippen LogP contribution in [0, 0.1) is 11.3 Å². The Hall–Kier alpha value is -3.67. The number of fused-ring (bicyclic) bond motifs is 1. The van der Waals surface area contributed by atoms with Crippen LogP contribution < -0.4 is 10.5 Å². The molecule has 1 N–H and O–H groups in total. The van der Waals surface area contributed by atoms with Crippen molar-refractivity contribution in [2.45, 2.75) is 18.9 Å². The number of carbonyl (C=O) groups is 1. The van der Waals surface area contributed by atoms with Gasteiger partial charge in [0.05, 0.1) is 5.56 Å². The average Bonchev–Trinajstić information content (AvgIpc) is 3.25. The minimum absolute atomic E-state index is 0.0733. The molecule has 1 aliphatic rings. The van der Waals surface area contributed by atoms with E-state index in [-0.39, 0.29) is 17.5 Å². The first-order valence-corrected chi connectivity index (χ1v) is 9.41. The summed E-state index contributed by atoms with van der Waals surface area (Å²) in [6, 6.07) is 5.45. The molecular weight excluding hydrogens is 370 g/mol. The Morgan fingerprint density at radius 1 is 1.34 bits per heavy atom. The van der Waals surface area contributed by atoms with Gasteiger partial charge in [0, 0.05) is 57.2 Å². The molecular formula is C20H21N7O2. The topological polar surface area (TPSA) is 111 Å². The van der Waals surface area contributed by atoms with E-state index in [2.05, 4.69) is 15.0 Å². The SMILES string of the molecule is CN(C(=O)c1cn(C)c(=O)c2[nH]ccc12)C1CCN(c2nccc(C#N)n2)CC1. The summed E-state index contributed by atoms with van der Waals surface area (Å²) >= 11 is 0. The minimum Gasteiger partial charge on any atom is -0.357 e. The lowest BCUT2D eigenvalue weighted by Gasteiger charge is -2.36. The molecule has 29 heavy (non-hydrogen) atoms. The lowest BCUT2D eigenvalue weighted by Crippen LogP contribution is -2.46. The molecule has 9 heteroatoms. The number of anilines is 1. The number of nitriles is 1. The molecule has 0 bridgehead atoms. The molecule has 1 fully saturated rings. The maximum absolute atomic E-state index is 13.2. The van der Waals surface area contributed by atoms with E-state index in [1.54, 1.807) is 49.7 Å². The van der Waals surface area contributed by atoms with E-state index >= 15 is 0 Å². The van der Waals surface area contributed by atoms with E-state index in [1.807, 2.05) is 11.0 Å². The molecule has 1 saturated heterocycles. The van der Waals surface area contributed by atoms with Crippen molar-refractivity contribution in [2.24, 2.45) is 7.05 Å². The van der Waals surface area contributed by atoms with Crippen molar-refractivity contribution in [1.82, 2.24) is 24.4 Å². The van der Waals surface area contributed by atoms with Crippen LogP contribution in [0.1, 0.15) is 28.9 Å². The van der Waals surface area contributed by atoms with Crippen molar-refractivity contribution in [3.8, 4) is 6.07 Å². The molecule has 0 saturated carbocycles. The van der Waals surface area contributed by atoms with E-state index in [4.69, 9.17) is 5.26 Å². The second-order valence-electron chi connectivity index (χ2n) is 7.21. The number of H-pyrrole nitrogens is 1. The number of hydrogen-bond donors (Lipinski definition) is 1. The highest BCUT2D eigenvalue weighted by Crippen LogP contribution is 2.22. The van der Waals surface area contributed by atoms with Gasteiger partial charge in [-0.15, -0.1) is 0 Å². The molecule has 1 aliphatic heterocycles. The first kappa shape index (κ1) is 18.7. The summed E-state index contributed by atoms with van der Waals surface area (Å²) in [4.78, 5) is 40.6. The molecule has 0 unspecified atom stereocenters. The Labute approximate surface area is 167 Å². The number of hydrogen-bond acceptors (Lipinski definition) is 6. The Balaban J connectivity index is 1.50. The molecule has 3 aromatic rings. The number of pyridine rings is 1. The maximum Gasteiger partial charge on any atom is 0.274 e. The fraction of sp³-hybridized carbons (Fsp3) is 0.350. The molecule has 0 radical (unpaired) electrons. The number of piperidine rings is 1. The van der Waals surface area contributed by atoms with Crippen LogP contribution >= 0.6 is 0 Å². The Kier molecular flexibility index (Phi) is 4.76. The van der Waals surface area contributed by atoms with Crippen LogP contribution in [0.15, 0.2) is 35.5 Å². The average molecular weight is 391 g/mol. The van der Waals surface area contributed by atoms with Crippen LogP contribution in [0.25, 0.3) is 10.9 Å². The van der Waals surface area contributed by atoms with Gasteiger partial charge in [-0.1, -0.05) is 0 Å². The molecule has 4 rings (SSSR count). The van der Waals surface area contributed by atoms with Crippen molar-refractivity contribution in [1.29, 1.82) is 5.26 Å². The zero-order chi connectivity index (χ0) is 20.5. The van der Waals surface area contributed by atoms with Gasteiger partial charge in [0.1, 0.15) is 17.3 Å². The standard InChI is InChI=1S/C20H21N7O2/c1-25-12-16(15-4-8-22-17(15)19(25)29)18(28)26(2)14-5-9-27(10-6-14)20-23-7-3-13(11-21)24-20/h3-4,7-8,12,14,22H,5-6,9-10H2,1-2H3. The number of nitrogens with one attached hydrogen (secondary N) is 1. The van der Waals surface area contributed by atoms with E-state index < -0.39 is 0 Å². The van der Waals surface area contributed by atoms with Crippen LogP contribution in [0.2, 0.25) is 0 Å². The number of carbonyl (C=O) groups excluding carboxylic acids is 1. The molecule has 0 atom stereocenters. The predicted octanol–water partition coefficient (Wildman–Crippen LogP) is 1.27. The highest BCUT2D eigenvalue weighted by Gasteiger charge is 2.28. The molecule has 9 nitrogen and oxygen atoms in total. The monoisotopic (exact) mass is 391 g/mol. The number of rotatable bonds is 3. The summed E-state index contributed by atoms with van der Waals surface area (Å²) in [6.45, 7) is 1.40. The van der Waals surface area contributed by atoms with Gasteiger partial charge in [-0.2, -0.15) is 5.26 Å². The molecule has 0 aromatic carbocycles. The summed E-state index contributed by atoms with van der Waals surface area (Å²) in [5.74, 6) is 0.440. The van der Waals surface area contributed by atoms with Crippen molar-refractivity contribution in [3.63, 3.8) is 0 Å². The normalized spacial score (nSPS) is 14.7. The van der Waals surface area contributed by atoms with Gasteiger partial charge >= 0.3 is 0 Å². The summed E-state index contributed by atoms with van der Waals surface area (Å²) in [5.41, 5.74) is 1.14. The molecule has 1 amide bonds. The third-order valence-electron chi connectivity index (χ3n) is 5.50. The zero-order valence-electron chi connectivity index (χ0n) is 16.3. The largest absolute Gasteiger partial charge is 0.357 e. The zero-order valence-corrected chi connectivity index (χ0v) is 16.3. The van der Waals surface area contributed by atoms with Crippen LogP contribution in [-0.4, -0.2) is 56.5 Å². The summed E-state index contributed by atoms with van der Waals surface area (Å²) in [6.07, 6.45) is 6.41. The number of aromatic amines is 1. The number of amides is 1. The lowest BCUT2D eigenvalue weighted by atomic mass is 10.0. The van der Waals surface area contributed by atoms with Gasteiger partial charge < -0.3 is 19.4 Å². The minimum atomic E-state index is -0.155. The van der Waals surface area contributed by atoms with Crippen LogP contribution in [0.4, 0.5) is 5.95 Å². The van der Waals surface area contributed by atoms with Gasteiger partial charge in [0.2, 0.25) is 5.95 Å². The van der Waals surface area contributed by atoms with Gasteiger partial charge in [0.15, 0.2) is 0 Å². The highest BCUT2D eigenvalue weighted by atomic mass is 16.2. The lowest BCUT2D eigenvalue weighted by molar-refractivity contribution is 0.0710. The Morgan fingerprint density at radius 3 is 2.83 bits per heavy atom. The Morgan fingerprint density at radius 2 is 2.10 bits per heavy atom. The van der Waals surface area contributed by atoms with E-state index in [0.717, 1.165) is 12.8 Å². The Bertz CT molecular complexity index is 1170. The number of nitrogens with zero attached hydrogens (tertiary/aromatic N) is 6. The molecule has 4 heterocycles. The van der Waals surface area contributed by atoms with Crippen molar-refractivity contribution < 1.29 is 4.79 Å². The molecule has 148 valence electrons. The van der Waals surface area contributed by atoms with Crippen molar-refractivity contribution >= 4 is 22.8 Å². The first-order chi connectivity index (χ1) is 14.0. The predicted molar refractivity (Wildman–Crippen MR) is 108 cm³/mol. The second kappa shape index (κ2) is 7.39. The van der Waals surface area contributed by atoms with Gasteiger partial charge in [-0.3, -0.25) is 9.59 Å². The fourth-order valence-corrected chi connectivity index (χ4v) is 3.81. The highest BCUT2D eigenvalue weighted by molar-refractivity contribution is 6.05. The maximum atomic E-state index is 13.2. The third-order valence-corrected chi connectivity index (χ3v) is 5.50. The fourth-order valence-electron chi connectivity index (χ4n) is 3.81. The molecule has 3 aromatic heterocycles. The second-order valence-corrected chi connectivity index (χ2v) is 7.21. The van der Waals surface area contributed by atoms with E-state index in [1.165, 1.54) is 4.57 Å². The smallest absolute Gasteiger partial charge is 0.274 e. The number of aryl methyl sites for hydroxylation is 1. The van der Waals surface area contributed by atoms with Gasteiger partial charge in [-0.05, 0) is 25.0 Å². The summed E-state index contributed by atoms with van der Waals surface area (Å²) in [7, 11) is 3.45. The van der Waals surface area contributed by atoms with Gasteiger partial charge in [-0.25, -0.2) is 9.97 Å². The van der Waals surface area contributed by atoms with E-state index in [0.29, 0.717) is 41.2 Å². The summed E-state index contributed by atoms with van der Waals surface area (Å²) < 4.78 is 1.43. The number of aromatic nitrogens is 4. The van der Waals surface area contributed by atoms with E-state index in [9.17, 15) is 9.59 Å². The first-order valence-electron chi connectivity index (χ1n) is 9.41. The summed E-state index contributed by atoms with van der Waals surface area (Å²) in [5, 5.41) is 9.66. The van der Waals surface area contributed by atoms with Crippen LogP contribution in [0.5, 0.6) is 0 Å². The van der Waals surface area contributed by atoms with Gasteiger partial charge in [0.25, 0.3) is 11.5 Å². The molecule has 0 aliphatic carbocycles. The third kappa shape index (κ3) is 3.33. The van der Waals surface area contributed by atoms with Crippen LogP contribution in [-0.2, 0) is 7.05 Å².